The molecule has 1 N–H and O–H groups in total. The third-order valence-electron chi connectivity index (χ3n) is 4.21. The number of hydrogen-bond acceptors (Lipinski definition) is 4. The van der Waals surface area contributed by atoms with Crippen molar-refractivity contribution in [3.63, 3.8) is 0 Å². The van der Waals surface area contributed by atoms with Gasteiger partial charge >= 0.3 is 0 Å². The molecule has 126 valence electrons. The van der Waals surface area contributed by atoms with Crippen molar-refractivity contribution in [2.75, 3.05) is 46.2 Å². The lowest BCUT2D eigenvalue weighted by atomic mass is 10.00. The summed E-state index contributed by atoms with van der Waals surface area (Å²) in [6.07, 6.45) is 7.92. The number of unbranched alkanes of at least 4 members (excludes halogenated alkanes) is 1. The fraction of sp³-hybridized carbons (Fsp3) is 1.00. The lowest BCUT2D eigenvalue weighted by Gasteiger charge is -2.20. The van der Waals surface area contributed by atoms with E-state index in [-0.39, 0.29) is 0 Å². The summed E-state index contributed by atoms with van der Waals surface area (Å²) < 4.78 is 16.4. The lowest BCUT2D eigenvalue weighted by Crippen LogP contribution is -2.34. The molecule has 0 radical (unpaired) electrons. The van der Waals surface area contributed by atoms with Gasteiger partial charge in [0.05, 0.1) is 33.0 Å². The first-order chi connectivity index (χ1) is 10.3. The largest absolute Gasteiger partial charge is 0.379 e. The molecule has 0 unspecified atom stereocenters. The van der Waals surface area contributed by atoms with E-state index in [9.17, 15) is 0 Å². The van der Waals surface area contributed by atoms with Gasteiger partial charge in [0.15, 0.2) is 0 Å². The van der Waals surface area contributed by atoms with Crippen molar-refractivity contribution in [2.24, 2.45) is 5.92 Å². The van der Waals surface area contributed by atoms with Gasteiger partial charge in [0.1, 0.15) is 0 Å². The Bertz CT molecular complexity index is 220. The van der Waals surface area contributed by atoms with Crippen LogP contribution >= 0.6 is 0 Å². The zero-order chi connectivity index (χ0) is 15.2. The number of hydrogen-bond donors (Lipinski definition) is 1. The molecule has 0 aromatic carbocycles. The van der Waals surface area contributed by atoms with Crippen molar-refractivity contribution in [1.82, 2.24) is 5.32 Å². The molecule has 0 saturated heterocycles. The van der Waals surface area contributed by atoms with Crippen LogP contribution in [0.2, 0.25) is 0 Å². The second-order valence-corrected chi connectivity index (χ2v) is 5.98. The fourth-order valence-corrected chi connectivity index (χ4v) is 2.77. The zero-order valence-electron chi connectivity index (χ0n) is 14.1. The molecule has 1 fully saturated rings. The highest BCUT2D eigenvalue weighted by molar-refractivity contribution is 4.76. The molecule has 1 atom stereocenters. The molecule has 4 nitrogen and oxygen atoms in total. The lowest BCUT2D eigenvalue weighted by molar-refractivity contribution is 0.0143. The Kier molecular flexibility index (Phi) is 12.1. The predicted octanol–water partition coefficient (Wildman–Crippen LogP) is 3.00. The molecule has 0 aromatic rings. The van der Waals surface area contributed by atoms with Crippen LogP contribution in [0, 0.1) is 5.92 Å². The van der Waals surface area contributed by atoms with Crippen LogP contribution in [0.5, 0.6) is 0 Å². The SMILES string of the molecule is CCCCOCCOCCOCCN[C@H](C)C1CCCC1. The summed E-state index contributed by atoms with van der Waals surface area (Å²) in [4.78, 5) is 0. The van der Waals surface area contributed by atoms with Gasteiger partial charge in [-0.15, -0.1) is 0 Å². The highest BCUT2D eigenvalue weighted by atomic mass is 16.5. The molecule has 1 saturated carbocycles. The van der Waals surface area contributed by atoms with Crippen LogP contribution in [0.15, 0.2) is 0 Å². The number of ether oxygens (including phenoxy) is 3. The van der Waals surface area contributed by atoms with E-state index in [2.05, 4.69) is 19.2 Å². The highest BCUT2D eigenvalue weighted by Crippen LogP contribution is 2.27. The average Bonchev–Trinajstić information content (AvgIpc) is 3.02. The minimum absolute atomic E-state index is 0.632. The van der Waals surface area contributed by atoms with E-state index in [1.165, 1.54) is 32.1 Å². The first-order valence-electron chi connectivity index (χ1n) is 8.81. The molecule has 1 rings (SSSR count). The Balaban J connectivity index is 1.74. The van der Waals surface area contributed by atoms with Crippen LogP contribution < -0.4 is 5.32 Å². The van der Waals surface area contributed by atoms with E-state index >= 15 is 0 Å². The number of rotatable bonds is 14. The Labute approximate surface area is 130 Å². The maximum Gasteiger partial charge on any atom is 0.0701 e. The van der Waals surface area contributed by atoms with E-state index in [1.807, 2.05) is 0 Å². The Morgan fingerprint density at radius 2 is 1.48 bits per heavy atom. The van der Waals surface area contributed by atoms with Gasteiger partial charge in [0.2, 0.25) is 0 Å². The van der Waals surface area contributed by atoms with Crippen molar-refractivity contribution in [3.05, 3.63) is 0 Å². The predicted molar refractivity (Wildman–Crippen MR) is 86.8 cm³/mol. The van der Waals surface area contributed by atoms with Crippen LogP contribution in [0.1, 0.15) is 52.4 Å². The molecule has 0 aromatic heterocycles. The Morgan fingerprint density at radius 3 is 2.10 bits per heavy atom. The van der Waals surface area contributed by atoms with Gasteiger partial charge in [-0.05, 0) is 32.1 Å². The molecule has 4 heteroatoms. The third kappa shape index (κ3) is 10.2. The van der Waals surface area contributed by atoms with E-state index < -0.39 is 0 Å². The average molecular weight is 301 g/mol. The van der Waals surface area contributed by atoms with Crippen molar-refractivity contribution in [3.8, 4) is 0 Å². The second kappa shape index (κ2) is 13.5. The summed E-state index contributed by atoms with van der Waals surface area (Å²) in [5, 5.41) is 3.57. The van der Waals surface area contributed by atoms with Crippen molar-refractivity contribution < 1.29 is 14.2 Å². The standard InChI is InChI=1S/C17H35NO3/c1-3-4-10-19-12-14-21-15-13-20-11-9-18-16(2)17-7-5-6-8-17/h16-18H,3-15H2,1-2H3/t16-/m1/s1. The van der Waals surface area contributed by atoms with Gasteiger partial charge in [0, 0.05) is 19.2 Å². The van der Waals surface area contributed by atoms with Gasteiger partial charge in [-0.3, -0.25) is 0 Å². The van der Waals surface area contributed by atoms with Crippen molar-refractivity contribution >= 4 is 0 Å². The summed E-state index contributed by atoms with van der Waals surface area (Å²) in [6.45, 7) is 9.74. The normalized spacial score (nSPS) is 17.4. The second-order valence-electron chi connectivity index (χ2n) is 5.98. The summed E-state index contributed by atoms with van der Waals surface area (Å²) in [6, 6.07) is 0.632. The van der Waals surface area contributed by atoms with Crippen LogP contribution in [-0.4, -0.2) is 52.2 Å². The van der Waals surface area contributed by atoms with Gasteiger partial charge < -0.3 is 19.5 Å². The third-order valence-corrected chi connectivity index (χ3v) is 4.21. The van der Waals surface area contributed by atoms with E-state index in [1.54, 1.807) is 0 Å². The first-order valence-corrected chi connectivity index (χ1v) is 8.81. The van der Waals surface area contributed by atoms with Crippen LogP contribution in [-0.2, 0) is 14.2 Å². The zero-order valence-corrected chi connectivity index (χ0v) is 14.1. The van der Waals surface area contributed by atoms with Crippen molar-refractivity contribution in [2.45, 2.75) is 58.4 Å². The fourth-order valence-electron chi connectivity index (χ4n) is 2.77. The summed E-state index contributed by atoms with van der Waals surface area (Å²) >= 11 is 0. The van der Waals surface area contributed by atoms with E-state index in [0.29, 0.717) is 32.5 Å². The highest BCUT2D eigenvalue weighted by Gasteiger charge is 2.20. The molecule has 0 amide bonds. The van der Waals surface area contributed by atoms with Gasteiger partial charge in [-0.2, -0.15) is 0 Å². The topological polar surface area (TPSA) is 39.7 Å². The number of nitrogens with one attached hydrogen (secondary N) is 1. The minimum atomic E-state index is 0.632. The maximum absolute atomic E-state index is 5.56. The monoisotopic (exact) mass is 301 g/mol. The smallest absolute Gasteiger partial charge is 0.0701 e. The molecule has 0 heterocycles. The molecular formula is C17H35NO3. The van der Waals surface area contributed by atoms with Gasteiger partial charge in [-0.25, -0.2) is 0 Å². The summed E-state index contributed by atoms with van der Waals surface area (Å²) in [5.74, 6) is 0.876. The molecule has 1 aliphatic carbocycles. The molecule has 0 aliphatic heterocycles. The van der Waals surface area contributed by atoms with Gasteiger partial charge in [0.25, 0.3) is 0 Å². The summed E-state index contributed by atoms with van der Waals surface area (Å²) in [7, 11) is 0. The van der Waals surface area contributed by atoms with Crippen LogP contribution in [0.3, 0.4) is 0 Å². The Morgan fingerprint density at radius 1 is 0.905 bits per heavy atom. The molecule has 1 aliphatic rings. The first kappa shape index (κ1) is 18.9. The molecule has 0 spiro atoms. The summed E-state index contributed by atoms with van der Waals surface area (Å²) in [5.41, 5.74) is 0. The van der Waals surface area contributed by atoms with Crippen LogP contribution in [0.4, 0.5) is 0 Å². The van der Waals surface area contributed by atoms with E-state index in [4.69, 9.17) is 14.2 Å². The van der Waals surface area contributed by atoms with Crippen LogP contribution in [0.25, 0.3) is 0 Å². The minimum Gasteiger partial charge on any atom is -0.379 e. The maximum atomic E-state index is 5.56. The van der Waals surface area contributed by atoms with Crippen molar-refractivity contribution in [1.29, 1.82) is 0 Å². The quantitative estimate of drug-likeness (QED) is 0.501. The Hall–Kier alpha value is -0.160. The van der Waals surface area contributed by atoms with Gasteiger partial charge in [-0.1, -0.05) is 26.2 Å². The molecule has 21 heavy (non-hydrogen) atoms. The van der Waals surface area contributed by atoms with E-state index in [0.717, 1.165) is 32.1 Å². The molecule has 0 bridgehead atoms. The molecular weight excluding hydrogens is 266 g/mol.